The molecule has 4 atom stereocenters. The molecule has 0 saturated carbocycles. The molecular formula is C26H48P2. The van der Waals surface area contributed by atoms with Gasteiger partial charge in [0, 0.05) is 0 Å². The molecule has 2 aliphatic heterocycles. The van der Waals surface area contributed by atoms with Crippen molar-refractivity contribution in [3.8, 4) is 0 Å². The molecule has 0 amide bonds. The first kappa shape index (κ1) is 26.1. The van der Waals surface area contributed by atoms with Crippen LogP contribution in [0.1, 0.15) is 93.9 Å². The van der Waals surface area contributed by atoms with Crippen molar-refractivity contribution >= 4 is 26.5 Å². The summed E-state index contributed by atoms with van der Waals surface area (Å²) in [6, 6.07) is 9.65. The molecule has 0 nitrogen and oxygen atoms in total. The lowest BCUT2D eigenvalue weighted by Gasteiger charge is -2.31. The standard InChI is InChI=1S/C20H32P2.2C3H8/c1-15(2)17-11-7-13-21(17)19-9-5-6-10-20(19)22-14-8-12-18(22)16(3)4;2*1-3-2/h5-6,9-10,15-18H,7-8,11-14H2,1-4H3;2*3H2,1-2H3. The predicted octanol–water partition coefficient (Wildman–Crippen LogP) is 8.37. The van der Waals surface area contributed by atoms with Crippen LogP contribution in [-0.2, 0) is 0 Å². The van der Waals surface area contributed by atoms with E-state index in [9.17, 15) is 0 Å². The van der Waals surface area contributed by atoms with Crippen molar-refractivity contribution in [3.63, 3.8) is 0 Å². The normalized spacial score (nSPS) is 26.6. The zero-order valence-corrected chi connectivity index (χ0v) is 22.0. The second-order valence-electron chi connectivity index (χ2n) is 9.20. The van der Waals surface area contributed by atoms with Gasteiger partial charge >= 0.3 is 0 Å². The molecule has 0 aromatic heterocycles. The fourth-order valence-electron chi connectivity index (χ4n) is 4.52. The van der Waals surface area contributed by atoms with Gasteiger partial charge in [0.05, 0.1) is 0 Å². The third kappa shape index (κ3) is 7.40. The lowest BCUT2D eigenvalue weighted by Crippen LogP contribution is -2.29. The zero-order valence-electron chi connectivity index (χ0n) is 20.2. The van der Waals surface area contributed by atoms with Gasteiger partial charge in [0.2, 0.25) is 0 Å². The Labute approximate surface area is 180 Å². The molecule has 1 aromatic rings. The Hall–Kier alpha value is 0.0800. The van der Waals surface area contributed by atoms with Gasteiger partial charge in [-0.2, -0.15) is 0 Å². The van der Waals surface area contributed by atoms with E-state index in [1.807, 2.05) is 10.6 Å². The molecular weight excluding hydrogens is 374 g/mol. The Morgan fingerprint density at radius 2 is 1.04 bits per heavy atom. The van der Waals surface area contributed by atoms with Crippen molar-refractivity contribution in [3.05, 3.63) is 24.3 Å². The van der Waals surface area contributed by atoms with E-state index in [4.69, 9.17) is 0 Å². The van der Waals surface area contributed by atoms with Gasteiger partial charge in [-0.15, -0.1) is 0 Å². The number of hydrogen-bond acceptors (Lipinski definition) is 0. The van der Waals surface area contributed by atoms with Crippen molar-refractivity contribution in [1.29, 1.82) is 0 Å². The van der Waals surface area contributed by atoms with Crippen molar-refractivity contribution in [2.75, 3.05) is 12.3 Å². The van der Waals surface area contributed by atoms with Crippen LogP contribution >= 0.6 is 15.8 Å². The summed E-state index contributed by atoms with van der Waals surface area (Å²) in [5, 5.41) is 3.62. The summed E-state index contributed by atoms with van der Waals surface area (Å²) in [6.07, 6.45) is 11.4. The first-order valence-corrected chi connectivity index (χ1v) is 15.2. The van der Waals surface area contributed by atoms with Gasteiger partial charge in [0.1, 0.15) is 0 Å². The first-order chi connectivity index (χ1) is 13.4. The van der Waals surface area contributed by atoms with Crippen molar-refractivity contribution in [1.82, 2.24) is 0 Å². The van der Waals surface area contributed by atoms with Crippen LogP contribution in [0.25, 0.3) is 0 Å². The Kier molecular flexibility index (Phi) is 13.2. The highest BCUT2D eigenvalue weighted by molar-refractivity contribution is 7.73. The van der Waals surface area contributed by atoms with Gasteiger partial charge in [0.15, 0.2) is 0 Å². The SMILES string of the molecule is CC(C)C1CCCP1c1ccccc1P1CCCC1C(C)C.CCC.CCC. The molecule has 0 radical (unpaired) electrons. The average Bonchev–Trinajstić information content (AvgIpc) is 3.32. The minimum atomic E-state index is 0.0979. The topological polar surface area (TPSA) is 0 Å². The van der Waals surface area contributed by atoms with E-state index >= 15 is 0 Å². The minimum Gasteiger partial charge on any atom is -0.0712 e. The van der Waals surface area contributed by atoms with Gasteiger partial charge in [-0.05, 0) is 71.8 Å². The van der Waals surface area contributed by atoms with Gasteiger partial charge in [0.25, 0.3) is 0 Å². The Bertz CT molecular complexity index is 476. The highest BCUT2D eigenvalue weighted by atomic mass is 31.1. The third-order valence-electron chi connectivity index (χ3n) is 5.64. The Morgan fingerprint density at radius 1 is 0.714 bits per heavy atom. The van der Waals surface area contributed by atoms with Crippen LogP contribution in [0.4, 0.5) is 0 Å². The fourth-order valence-corrected chi connectivity index (χ4v) is 11.9. The second-order valence-corrected chi connectivity index (χ2v) is 14.3. The third-order valence-corrected chi connectivity index (χ3v) is 12.7. The maximum atomic E-state index is 2.51. The molecule has 0 N–H and O–H groups in total. The quantitative estimate of drug-likeness (QED) is 0.428. The van der Waals surface area contributed by atoms with Crippen molar-refractivity contribution < 1.29 is 0 Å². The molecule has 3 rings (SSSR count). The van der Waals surface area contributed by atoms with E-state index in [2.05, 4.69) is 79.7 Å². The number of hydrogen-bond donors (Lipinski definition) is 0. The minimum absolute atomic E-state index is 0.0979. The molecule has 0 aliphatic carbocycles. The summed E-state index contributed by atoms with van der Waals surface area (Å²) in [5.41, 5.74) is 1.96. The highest BCUT2D eigenvalue weighted by Crippen LogP contribution is 2.56. The van der Waals surface area contributed by atoms with E-state index < -0.39 is 0 Å². The Balaban J connectivity index is 0.000000582. The van der Waals surface area contributed by atoms with Gasteiger partial charge in [-0.1, -0.05) is 108 Å². The van der Waals surface area contributed by atoms with E-state index in [0.29, 0.717) is 0 Å². The second kappa shape index (κ2) is 14.1. The maximum absolute atomic E-state index is 2.51. The molecule has 0 bridgehead atoms. The zero-order chi connectivity index (χ0) is 21.1. The van der Waals surface area contributed by atoms with Crippen LogP contribution < -0.4 is 10.6 Å². The summed E-state index contributed by atoms with van der Waals surface area (Å²) in [4.78, 5) is 0. The average molecular weight is 423 g/mol. The summed E-state index contributed by atoms with van der Waals surface area (Å²) >= 11 is 0. The lowest BCUT2D eigenvalue weighted by atomic mass is 10.1. The fraction of sp³-hybridized carbons (Fsp3) is 0.769. The molecule has 1 aromatic carbocycles. The van der Waals surface area contributed by atoms with E-state index in [1.165, 1.54) is 50.8 Å². The van der Waals surface area contributed by atoms with Crippen molar-refractivity contribution in [2.45, 2.75) is 105 Å². The monoisotopic (exact) mass is 422 g/mol. The number of rotatable bonds is 4. The van der Waals surface area contributed by atoms with Crippen LogP contribution in [0.5, 0.6) is 0 Å². The molecule has 2 fully saturated rings. The van der Waals surface area contributed by atoms with Crippen molar-refractivity contribution in [2.24, 2.45) is 11.8 Å². The predicted molar refractivity (Wildman–Crippen MR) is 137 cm³/mol. The smallest absolute Gasteiger partial charge is 0.0146 e. The van der Waals surface area contributed by atoms with Crippen LogP contribution in [0.15, 0.2) is 24.3 Å². The van der Waals surface area contributed by atoms with E-state index in [0.717, 1.165) is 23.2 Å². The van der Waals surface area contributed by atoms with Crippen LogP contribution in [0.3, 0.4) is 0 Å². The summed E-state index contributed by atoms with van der Waals surface area (Å²) in [6.45, 7) is 18.3. The number of benzene rings is 1. The maximum Gasteiger partial charge on any atom is -0.0146 e. The molecule has 0 spiro atoms. The summed E-state index contributed by atoms with van der Waals surface area (Å²) in [7, 11) is 0.196. The molecule has 2 heteroatoms. The molecule has 4 unspecified atom stereocenters. The van der Waals surface area contributed by atoms with Gasteiger partial charge in [-0.3, -0.25) is 0 Å². The van der Waals surface area contributed by atoms with Crippen LogP contribution in [0.2, 0.25) is 0 Å². The molecule has 162 valence electrons. The molecule has 2 aliphatic rings. The molecule has 2 saturated heterocycles. The van der Waals surface area contributed by atoms with E-state index in [-0.39, 0.29) is 15.8 Å². The largest absolute Gasteiger partial charge is 0.0712 e. The molecule has 2 heterocycles. The Morgan fingerprint density at radius 3 is 1.32 bits per heavy atom. The van der Waals surface area contributed by atoms with Gasteiger partial charge in [-0.25, -0.2) is 0 Å². The molecule has 28 heavy (non-hydrogen) atoms. The van der Waals surface area contributed by atoms with E-state index in [1.54, 1.807) is 0 Å². The van der Waals surface area contributed by atoms with Crippen LogP contribution in [-0.4, -0.2) is 23.6 Å². The summed E-state index contributed by atoms with van der Waals surface area (Å²) < 4.78 is 0. The highest BCUT2D eigenvalue weighted by Gasteiger charge is 2.36. The first-order valence-electron chi connectivity index (χ1n) is 12.0. The summed E-state index contributed by atoms with van der Waals surface area (Å²) in [5.74, 6) is 1.72. The van der Waals surface area contributed by atoms with Gasteiger partial charge < -0.3 is 0 Å². The van der Waals surface area contributed by atoms with Crippen LogP contribution in [0, 0.1) is 11.8 Å². The lowest BCUT2D eigenvalue weighted by molar-refractivity contribution is 0.583.